The molecule has 0 bridgehead atoms. The molecule has 0 spiro atoms. The first-order valence-electron chi connectivity index (χ1n) is 31.9. The van der Waals surface area contributed by atoms with Gasteiger partial charge < -0.3 is 138 Å². The van der Waals surface area contributed by atoms with Gasteiger partial charge in [0.25, 0.3) is 45.7 Å². The van der Waals surface area contributed by atoms with Gasteiger partial charge in [0.1, 0.15) is 75.2 Å². The Kier molecular flexibility index (Phi) is 33.1. The van der Waals surface area contributed by atoms with Crippen LogP contribution in [0.25, 0.3) is 0 Å². The van der Waals surface area contributed by atoms with Crippen LogP contribution in [0.5, 0.6) is 0 Å². The number of aromatic amines is 4. The Morgan fingerprint density at radius 2 is 0.540 bits per heavy atom. The number of hydrogen-bond acceptors (Lipinski definition) is 44. The normalized spacial score (nSPS) is 32.8. The summed E-state index contributed by atoms with van der Waals surface area (Å²) in [7, 11) is -71.4. The number of rotatable bonds is 32. The molecule has 0 aliphatic carbocycles. The Balaban J connectivity index is 0.000000307. The van der Waals surface area contributed by atoms with Crippen molar-refractivity contribution in [2.75, 3.05) is 26.3 Å². The third-order valence-corrected chi connectivity index (χ3v) is 29.0. The fourth-order valence-electron chi connectivity index (χ4n) is 8.24. The smallest absolute Gasteiger partial charge is 0.385 e. The second kappa shape index (κ2) is 40.4. The summed E-state index contributed by atoms with van der Waals surface area (Å²) >= 11 is 18.6. The standard InChI is InChI=1S/4C9H13F2N2O14P3S/c4*10-3-1-13(8(31)12-6(3)16)7-4(14)5(15)9(11,25-7)2-24-29(20,21)27-30(22,23)26-28(17,18)19/h4*1,4-5,7,14-15H,2H2,(H,20,21)(H,22,23)(H,12,16,31)(H2,17,18,19)/t4*4-,5+,7-,9-/m1111/s1/i2D2,7D;7D;2D2;. The maximum Gasteiger partial charge on any atom is 0.490 e. The van der Waals surface area contributed by atoms with E-state index in [0.29, 0.717) is 21.5 Å². The molecule has 0 amide bonds. The van der Waals surface area contributed by atoms with E-state index in [1.54, 1.807) is 15.0 Å². The highest BCUT2D eigenvalue weighted by atomic mass is 32.1. The van der Waals surface area contributed by atoms with Crippen molar-refractivity contribution in [2.24, 2.45) is 0 Å². The topological polar surface area (TPSA) is 989 Å². The minimum Gasteiger partial charge on any atom is -0.385 e. The molecule has 64 nitrogen and oxygen atoms in total. The number of aliphatic hydroxyl groups is 8. The lowest BCUT2D eigenvalue weighted by molar-refractivity contribution is -0.204. The molecule has 124 heavy (non-hydrogen) atoms. The molecule has 4 aromatic heterocycles. The van der Waals surface area contributed by atoms with Crippen molar-refractivity contribution in [3.63, 3.8) is 0 Å². The van der Waals surface area contributed by atoms with Crippen LogP contribution in [0.2, 0.25) is 0 Å². The van der Waals surface area contributed by atoms with Gasteiger partial charge in [-0.25, -0.2) is 72.3 Å². The number of halogens is 8. The van der Waals surface area contributed by atoms with Gasteiger partial charge in [-0.15, -0.1) is 0 Å². The summed E-state index contributed by atoms with van der Waals surface area (Å²) in [6.45, 7) is -12.5. The van der Waals surface area contributed by atoms with Gasteiger partial charge in [0.15, 0.2) is 43.9 Å². The zero-order valence-corrected chi connectivity index (χ0v) is 71.1. The average Bonchev–Trinajstić information content (AvgIpc) is 1.56. The van der Waals surface area contributed by atoms with E-state index in [1.165, 1.54) is 0 Å². The zero-order valence-electron chi connectivity index (χ0n) is 63.1. The quantitative estimate of drug-likeness (QED) is 0.0134. The number of phosphoric acid groups is 12. The van der Waals surface area contributed by atoms with Gasteiger partial charge >= 0.3 is 93.9 Å². The summed E-state index contributed by atoms with van der Waals surface area (Å²) in [4.78, 5) is 193. The van der Waals surface area contributed by atoms with E-state index in [4.69, 9.17) is 79.2 Å². The number of aromatic nitrogens is 8. The zero-order chi connectivity index (χ0) is 101. The van der Waals surface area contributed by atoms with Gasteiger partial charge in [-0.3, -0.25) is 75.5 Å². The van der Waals surface area contributed by atoms with Gasteiger partial charge in [-0.05, 0) is 48.9 Å². The Morgan fingerprint density at radius 3 is 0.815 bits per heavy atom. The number of hydrogen-bond donors (Lipinski definition) is 28. The molecule has 28 N–H and O–H groups in total. The van der Waals surface area contributed by atoms with Gasteiger partial charge in [-0.1, -0.05) is 0 Å². The first kappa shape index (κ1) is 102. The number of H-pyrrole nitrogens is 4. The summed E-state index contributed by atoms with van der Waals surface area (Å²) < 4.78 is 354. The predicted molar refractivity (Wildman–Crippen MR) is 367 cm³/mol. The SMILES string of the molecule is O=c1[nH]c(=S)n([C@@H]2O[C@](F)(COP(=O)(O)OP(=O)(O)OP(=O)(O)O)[C@@H](O)[C@H]2O)cc1F.[2H]C([2H])(OP(=O)(O)OP(=O)(O)OP(=O)(O)O)[C@@]1(F)O[C@@H](n2cc(F)c(=O)[nH]c2=S)[C@H](O)[C@@H]1O.[2H]C([2H])(OP(=O)(O)OP(=O)(O)OP(=O)(O)O)[C@@]1(F)O[C@@]([2H])(n2cc(F)c(=O)[nH]c2=S)[C@H](O)[C@@H]1O.[2H][C@@]1(n2cc(F)c(=O)[nH]c2=S)O[C@](F)(COP(=O)(O)OP(=O)(O)OP(=O)(O)O)[C@@H](O)[C@H]1O. The third kappa shape index (κ3) is 31.6. The van der Waals surface area contributed by atoms with Gasteiger partial charge in [0.05, 0.1) is 33.0 Å². The van der Waals surface area contributed by atoms with Crippen LogP contribution in [-0.2, 0) is 126 Å². The van der Waals surface area contributed by atoms with Crippen LogP contribution in [0.3, 0.4) is 0 Å². The summed E-state index contributed by atoms with van der Waals surface area (Å²) in [6, 6.07) is 0. The van der Waals surface area contributed by atoms with Crippen molar-refractivity contribution in [3.8, 4) is 0 Å². The molecular formula is C36H52F8N8O56P12S4. The second-order valence-corrected chi connectivity index (χ2v) is 41.3. The number of nitrogens with zero attached hydrogens (tertiary/aromatic N) is 4. The van der Waals surface area contributed by atoms with Crippen molar-refractivity contribution in [3.05, 3.63) is 109 Å². The summed E-state index contributed by atoms with van der Waals surface area (Å²) in [5.74, 6) is -22.3. The Bertz CT molecular complexity index is 6140. The number of phosphoric ester groups is 4. The molecule has 24 atom stereocenters. The van der Waals surface area contributed by atoms with Crippen molar-refractivity contribution >= 4 is 143 Å². The third-order valence-electron chi connectivity index (χ3n) is 12.9. The highest BCUT2D eigenvalue weighted by Crippen LogP contribution is 2.70. The lowest BCUT2D eigenvalue weighted by Gasteiger charge is -2.24. The molecule has 712 valence electrons. The molecule has 8 unspecified atom stereocenters. The molecule has 8 heterocycles. The molecule has 0 radical (unpaired) electrons. The van der Waals surface area contributed by atoms with E-state index in [1.807, 2.05) is 4.98 Å². The molecule has 88 heteroatoms. The number of aliphatic hydroxyl groups excluding tert-OH is 8. The van der Waals surface area contributed by atoms with Crippen molar-refractivity contribution < 1.29 is 289 Å². The highest BCUT2D eigenvalue weighted by Gasteiger charge is 2.62. The fourth-order valence-corrected chi connectivity index (χ4v) is 21.0. The van der Waals surface area contributed by atoms with E-state index in [0.717, 1.165) is 0 Å². The molecule has 4 aliphatic heterocycles. The molecule has 0 aromatic carbocycles. The number of nitrogens with one attached hydrogen (secondary N) is 4. The highest BCUT2D eigenvalue weighted by molar-refractivity contribution is 7.72. The number of alkyl halides is 4. The Morgan fingerprint density at radius 1 is 0.339 bits per heavy atom. The van der Waals surface area contributed by atoms with Crippen LogP contribution in [0.4, 0.5) is 35.1 Å². The maximum absolute atomic E-state index is 15.4. The van der Waals surface area contributed by atoms with Crippen molar-refractivity contribution in [1.82, 2.24) is 38.2 Å². The van der Waals surface area contributed by atoms with Crippen LogP contribution in [0.15, 0.2) is 44.0 Å². The van der Waals surface area contributed by atoms with Gasteiger partial charge in [-0.2, -0.15) is 52.0 Å². The second-order valence-electron chi connectivity index (χ2n) is 22.2. The minimum atomic E-state index is -6.37. The summed E-state index contributed by atoms with van der Waals surface area (Å²) in [6.07, 6.45) is -31.4. The molecule has 4 fully saturated rings. The Labute approximate surface area is 699 Å². The first-order valence-corrected chi connectivity index (χ1v) is 48.6. The van der Waals surface area contributed by atoms with E-state index in [2.05, 4.69) is 108 Å². The van der Waals surface area contributed by atoms with E-state index in [9.17, 15) is 156 Å². The maximum atomic E-state index is 15.4. The molecule has 4 saturated heterocycles. The van der Waals surface area contributed by atoms with E-state index in [-0.39, 0.29) is 21.5 Å². The summed E-state index contributed by atoms with van der Waals surface area (Å²) in [5.41, 5.74) is -5.36. The lowest BCUT2D eigenvalue weighted by Crippen LogP contribution is -2.42. The lowest BCUT2D eigenvalue weighted by atomic mass is 10.1. The van der Waals surface area contributed by atoms with Crippen LogP contribution in [0.1, 0.15) is 33.1 Å². The van der Waals surface area contributed by atoms with E-state index < -0.39 is 282 Å². The van der Waals surface area contributed by atoms with Crippen LogP contribution < -0.4 is 22.2 Å². The fraction of sp³-hybridized carbons (Fsp3) is 0.556. The predicted octanol–water partition coefficient (Wildman–Crippen LogP) is -2.78. The van der Waals surface area contributed by atoms with Crippen LogP contribution >= 0.6 is 143 Å². The van der Waals surface area contributed by atoms with Gasteiger partial charge in [0, 0.05) is 0 Å². The van der Waals surface area contributed by atoms with Gasteiger partial charge in [0.2, 0.25) is 23.3 Å². The largest absolute Gasteiger partial charge is 0.490 e. The molecule has 4 aromatic rings. The van der Waals surface area contributed by atoms with Crippen molar-refractivity contribution in [1.29, 1.82) is 0 Å². The van der Waals surface area contributed by atoms with Crippen molar-refractivity contribution in [2.45, 2.75) is 97.1 Å². The summed E-state index contributed by atoms with van der Waals surface area (Å²) in [5, 5.41) is 79.9. The molecular weight excluding hydrogens is 2090 g/mol. The number of ether oxygens (including phenoxy) is 4. The van der Waals surface area contributed by atoms with E-state index >= 15 is 13.2 Å². The first-order chi connectivity index (χ1) is 57.6. The molecule has 4 aliphatic rings. The average molecular weight is 2150 g/mol. The molecule has 8 rings (SSSR count). The van der Waals surface area contributed by atoms with Crippen LogP contribution in [-0.4, -0.2) is 256 Å². The monoisotopic (exact) mass is 2150 g/mol. The molecule has 0 saturated carbocycles. The Hall–Kier alpha value is -3.00. The van der Waals surface area contributed by atoms with Crippen LogP contribution in [0, 0.1) is 42.4 Å². The minimum absolute atomic E-state index is 0.0369.